The molecule has 2 aromatic carbocycles. The second kappa shape index (κ2) is 5.91. The predicted octanol–water partition coefficient (Wildman–Crippen LogP) is 4.60. The number of carbonyl (C=O) groups excluding carboxylic acids is 1. The molecule has 0 heterocycles. The molecule has 0 radical (unpaired) electrons. The van der Waals surface area contributed by atoms with E-state index in [0.29, 0.717) is 21.2 Å². The number of aromatic hydroxyl groups is 1. The minimum Gasteiger partial charge on any atom is -0.508 e. The van der Waals surface area contributed by atoms with Gasteiger partial charge in [0.1, 0.15) is 5.75 Å². The van der Waals surface area contributed by atoms with E-state index in [0.717, 1.165) is 0 Å². The predicted molar refractivity (Wildman–Crippen MR) is 77.9 cm³/mol. The molecule has 0 amide bonds. The molecule has 1 N–H and O–H groups in total. The molecule has 0 aliphatic heterocycles. The van der Waals surface area contributed by atoms with Crippen LogP contribution < -0.4 is 0 Å². The molecule has 2 rings (SSSR count). The maximum Gasteiger partial charge on any atom is 0.185 e. The normalized spacial score (nSPS) is 10.8. The minimum absolute atomic E-state index is 0.0556. The maximum absolute atomic E-state index is 11.9. The number of rotatable bonds is 3. The second-order valence-electron chi connectivity index (χ2n) is 3.89. The fourth-order valence-electron chi connectivity index (χ4n) is 1.57. The summed E-state index contributed by atoms with van der Waals surface area (Å²) in [5.74, 6) is -0.160. The van der Waals surface area contributed by atoms with Gasteiger partial charge < -0.3 is 5.11 Å². The largest absolute Gasteiger partial charge is 0.508 e. The van der Waals surface area contributed by atoms with Crippen molar-refractivity contribution >= 4 is 35.1 Å². The molecule has 0 fully saturated rings. The van der Waals surface area contributed by atoms with Crippen LogP contribution in [0, 0.1) is 0 Å². The van der Waals surface area contributed by atoms with Crippen molar-refractivity contribution in [2.75, 3.05) is 0 Å². The zero-order valence-corrected chi connectivity index (χ0v) is 11.3. The van der Waals surface area contributed by atoms with Crippen LogP contribution in [-0.4, -0.2) is 10.9 Å². The molecular weight excluding hydrogens is 283 g/mol. The summed E-state index contributed by atoms with van der Waals surface area (Å²) in [4.78, 5) is 11.9. The molecule has 0 saturated heterocycles. The van der Waals surface area contributed by atoms with E-state index in [4.69, 9.17) is 23.2 Å². The van der Waals surface area contributed by atoms with Crippen molar-refractivity contribution in [3.05, 3.63) is 69.7 Å². The molecular formula is C15H10Cl2O2. The first-order chi connectivity index (χ1) is 9.08. The lowest BCUT2D eigenvalue weighted by atomic mass is 10.1. The average Bonchev–Trinajstić information content (AvgIpc) is 2.40. The van der Waals surface area contributed by atoms with E-state index >= 15 is 0 Å². The lowest BCUT2D eigenvalue weighted by molar-refractivity contribution is 0.104. The van der Waals surface area contributed by atoms with Crippen LogP contribution in [0.2, 0.25) is 10.0 Å². The highest BCUT2D eigenvalue weighted by Crippen LogP contribution is 2.26. The van der Waals surface area contributed by atoms with Crippen molar-refractivity contribution < 1.29 is 9.90 Å². The Bertz CT molecular complexity index is 648. The Balaban J connectivity index is 2.23. The van der Waals surface area contributed by atoms with Crippen LogP contribution in [0.4, 0.5) is 0 Å². The van der Waals surface area contributed by atoms with Gasteiger partial charge in [0.25, 0.3) is 0 Å². The fraction of sp³-hybridized carbons (Fsp3) is 0. The Morgan fingerprint density at radius 3 is 2.58 bits per heavy atom. The summed E-state index contributed by atoms with van der Waals surface area (Å²) < 4.78 is 0. The average molecular weight is 293 g/mol. The van der Waals surface area contributed by atoms with Crippen molar-refractivity contribution in [3.63, 3.8) is 0 Å². The number of halogens is 2. The zero-order valence-electron chi connectivity index (χ0n) is 9.81. The second-order valence-corrected chi connectivity index (χ2v) is 4.68. The third kappa shape index (κ3) is 3.37. The van der Waals surface area contributed by atoms with Gasteiger partial charge in [-0.15, -0.1) is 0 Å². The van der Waals surface area contributed by atoms with Crippen LogP contribution in [0.15, 0.2) is 48.5 Å². The summed E-state index contributed by atoms with van der Waals surface area (Å²) in [5, 5.41) is 10.2. The number of ketones is 1. The Morgan fingerprint density at radius 2 is 1.84 bits per heavy atom. The van der Waals surface area contributed by atoms with E-state index in [-0.39, 0.29) is 11.5 Å². The number of hydrogen-bond acceptors (Lipinski definition) is 2. The third-order valence-corrected chi connectivity index (χ3v) is 3.36. The molecule has 2 nitrogen and oxygen atoms in total. The van der Waals surface area contributed by atoms with Crippen LogP contribution in [0.1, 0.15) is 15.9 Å². The first-order valence-electron chi connectivity index (χ1n) is 5.53. The molecule has 0 aromatic heterocycles. The highest BCUT2D eigenvalue weighted by molar-refractivity contribution is 6.42. The van der Waals surface area contributed by atoms with E-state index < -0.39 is 0 Å². The van der Waals surface area contributed by atoms with Gasteiger partial charge in [-0.25, -0.2) is 0 Å². The smallest absolute Gasteiger partial charge is 0.185 e. The number of allylic oxidation sites excluding steroid dienone is 1. The van der Waals surface area contributed by atoms with Crippen LogP contribution in [0.25, 0.3) is 6.08 Å². The summed E-state index contributed by atoms with van der Waals surface area (Å²) >= 11 is 11.9. The monoisotopic (exact) mass is 292 g/mol. The zero-order chi connectivity index (χ0) is 13.8. The van der Waals surface area contributed by atoms with Crippen molar-refractivity contribution in [1.29, 1.82) is 0 Å². The van der Waals surface area contributed by atoms with Crippen molar-refractivity contribution in [2.45, 2.75) is 0 Å². The van der Waals surface area contributed by atoms with Gasteiger partial charge in [0.15, 0.2) is 5.78 Å². The molecule has 0 spiro atoms. The molecule has 96 valence electrons. The van der Waals surface area contributed by atoms with E-state index in [1.54, 1.807) is 36.4 Å². The molecule has 0 atom stereocenters. The van der Waals surface area contributed by atoms with Crippen molar-refractivity contribution in [3.8, 4) is 5.75 Å². The number of carbonyl (C=O) groups is 1. The van der Waals surface area contributed by atoms with Gasteiger partial charge in [-0.05, 0) is 35.9 Å². The standard InChI is InChI=1S/C15H10Cl2O2/c16-13-6-2-3-10(15(13)17)7-8-14(19)11-4-1-5-12(18)9-11/h1-9,18H. The van der Waals surface area contributed by atoms with Gasteiger partial charge in [-0.1, -0.05) is 47.5 Å². The molecule has 0 bridgehead atoms. The summed E-state index contributed by atoms with van der Waals surface area (Å²) in [6, 6.07) is 11.4. The molecule has 0 aliphatic rings. The lowest BCUT2D eigenvalue weighted by Crippen LogP contribution is -1.93. The van der Waals surface area contributed by atoms with Gasteiger partial charge in [0.05, 0.1) is 10.0 Å². The summed E-state index contributed by atoms with van der Waals surface area (Å²) in [7, 11) is 0. The summed E-state index contributed by atoms with van der Waals surface area (Å²) in [5.41, 5.74) is 1.08. The Hall–Kier alpha value is -1.77. The van der Waals surface area contributed by atoms with Crippen LogP contribution >= 0.6 is 23.2 Å². The topological polar surface area (TPSA) is 37.3 Å². The van der Waals surface area contributed by atoms with E-state index in [1.165, 1.54) is 18.2 Å². The summed E-state index contributed by atoms with van der Waals surface area (Å²) in [6.07, 6.45) is 2.99. The van der Waals surface area contributed by atoms with Crippen LogP contribution in [-0.2, 0) is 0 Å². The van der Waals surface area contributed by atoms with Gasteiger partial charge >= 0.3 is 0 Å². The van der Waals surface area contributed by atoms with E-state index in [9.17, 15) is 9.90 Å². The molecule has 0 saturated carbocycles. The number of hydrogen-bond donors (Lipinski definition) is 1. The van der Waals surface area contributed by atoms with Crippen LogP contribution in [0.5, 0.6) is 5.75 Å². The minimum atomic E-state index is -0.216. The van der Waals surface area contributed by atoms with Gasteiger partial charge in [0, 0.05) is 5.56 Å². The number of phenolic OH excluding ortho intramolecular Hbond substituents is 1. The first-order valence-corrected chi connectivity index (χ1v) is 6.29. The highest BCUT2D eigenvalue weighted by Gasteiger charge is 2.04. The molecule has 19 heavy (non-hydrogen) atoms. The first kappa shape index (κ1) is 13.7. The van der Waals surface area contributed by atoms with E-state index in [2.05, 4.69) is 0 Å². The third-order valence-electron chi connectivity index (χ3n) is 2.53. The van der Waals surface area contributed by atoms with Gasteiger partial charge in [-0.3, -0.25) is 4.79 Å². The Labute approximate surface area is 120 Å². The quantitative estimate of drug-likeness (QED) is 0.663. The SMILES string of the molecule is O=C(C=Cc1cccc(Cl)c1Cl)c1cccc(O)c1. The highest BCUT2D eigenvalue weighted by atomic mass is 35.5. The van der Waals surface area contributed by atoms with Gasteiger partial charge in [-0.2, -0.15) is 0 Å². The van der Waals surface area contributed by atoms with Crippen LogP contribution in [0.3, 0.4) is 0 Å². The van der Waals surface area contributed by atoms with Crippen molar-refractivity contribution in [2.24, 2.45) is 0 Å². The Kier molecular flexibility index (Phi) is 4.25. The fourth-order valence-corrected chi connectivity index (χ4v) is 1.94. The molecule has 0 aliphatic carbocycles. The molecule has 4 heteroatoms. The number of benzene rings is 2. The van der Waals surface area contributed by atoms with Crippen molar-refractivity contribution in [1.82, 2.24) is 0 Å². The molecule has 2 aromatic rings. The summed E-state index contributed by atoms with van der Waals surface area (Å²) in [6.45, 7) is 0. The van der Waals surface area contributed by atoms with E-state index in [1.807, 2.05) is 0 Å². The Morgan fingerprint density at radius 1 is 1.11 bits per heavy atom. The molecule has 0 unspecified atom stereocenters. The van der Waals surface area contributed by atoms with Gasteiger partial charge in [0.2, 0.25) is 0 Å². The maximum atomic E-state index is 11.9. The lowest BCUT2D eigenvalue weighted by Gasteiger charge is -2.00. The number of phenols is 1.